The maximum atomic E-state index is 12.8. The predicted molar refractivity (Wildman–Crippen MR) is 203 cm³/mol. The van der Waals surface area contributed by atoms with E-state index in [1.54, 1.807) is 7.11 Å². The Labute approximate surface area is 333 Å². The number of aliphatic carboxylic acids is 1. The Balaban J connectivity index is 1.19. The SMILES string of the molecule is COC1CC(C2OC(CCC3CCC(O)C(OCO)C3)CC(O)C2CCO)CC(OCC2[NH2+]C(C)CC3(CCCC3)C2(CC(=O)[O-])CC2CC[NH2+]C(N)C2)C1O. The Hall–Kier alpha value is -1.01. The van der Waals surface area contributed by atoms with E-state index in [1.807, 2.05) is 0 Å². The van der Waals surface area contributed by atoms with Crippen LogP contribution in [0.5, 0.6) is 0 Å². The molecule has 14 heteroatoms. The van der Waals surface area contributed by atoms with Gasteiger partial charge in [0.1, 0.15) is 25.1 Å². The number of nitrogens with two attached hydrogens (primary N) is 3. The number of aliphatic hydroxyl groups excluding tert-OH is 5. The zero-order valence-electron chi connectivity index (χ0n) is 34.1. The fraction of sp³-hybridized carbons (Fsp3) is 0.976. The van der Waals surface area contributed by atoms with E-state index in [0.717, 1.165) is 77.2 Å². The first kappa shape index (κ1) is 44.5. The molecule has 0 aromatic rings. The van der Waals surface area contributed by atoms with Crippen molar-refractivity contribution in [3.05, 3.63) is 0 Å². The Morgan fingerprint density at radius 2 is 1.68 bits per heavy atom. The molecule has 14 nitrogen and oxygen atoms in total. The average Bonchev–Trinajstić information content (AvgIpc) is 3.63. The highest BCUT2D eigenvalue weighted by Gasteiger charge is 2.62. The number of carbonyl (C=O) groups excluding carboxylic acids is 1. The van der Waals surface area contributed by atoms with E-state index in [0.29, 0.717) is 63.0 Å². The van der Waals surface area contributed by atoms with E-state index in [-0.39, 0.29) is 60.8 Å². The third-order valence-corrected chi connectivity index (χ3v) is 15.7. The Kier molecular flexibility index (Phi) is 15.9. The fourth-order valence-corrected chi connectivity index (χ4v) is 13.1. The van der Waals surface area contributed by atoms with Crippen molar-refractivity contribution < 1.29 is 65.0 Å². The van der Waals surface area contributed by atoms with E-state index in [2.05, 4.69) is 17.6 Å². The molecule has 0 aromatic heterocycles. The number of carboxylic acid groups (broad SMARTS) is 1. The van der Waals surface area contributed by atoms with Gasteiger partial charge in [-0.05, 0) is 120 Å². The molecule has 3 saturated carbocycles. The van der Waals surface area contributed by atoms with E-state index >= 15 is 0 Å². The first-order valence-electron chi connectivity index (χ1n) is 22.2. The van der Waals surface area contributed by atoms with Crippen LogP contribution in [0.2, 0.25) is 0 Å². The smallest absolute Gasteiger partial charge is 0.144 e. The van der Waals surface area contributed by atoms with Crippen molar-refractivity contribution in [2.75, 3.05) is 33.7 Å². The lowest BCUT2D eigenvalue weighted by Gasteiger charge is -2.58. The monoisotopic (exact) mass is 799 g/mol. The Bertz CT molecular complexity index is 1230. The zero-order chi connectivity index (χ0) is 40.0. The summed E-state index contributed by atoms with van der Waals surface area (Å²) in [6, 6.07) is 0.162. The number of rotatable bonds is 16. The van der Waals surface area contributed by atoms with Gasteiger partial charge < -0.3 is 65.0 Å². The average molecular weight is 799 g/mol. The summed E-state index contributed by atoms with van der Waals surface area (Å²) in [5, 5.41) is 70.3. The van der Waals surface area contributed by atoms with Gasteiger partial charge in [0.15, 0.2) is 0 Å². The van der Waals surface area contributed by atoms with E-state index < -0.39 is 48.7 Å². The third kappa shape index (κ3) is 10.1. The van der Waals surface area contributed by atoms with Crippen molar-refractivity contribution in [2.45, 2.75) is 190 Å². The molecule has 3 saturated heterocycles. The van der Waals surface area contributed by atoms with E-state index in [4.69, 9.17) is 24.7 Å². The summed E-state index contributed by atoms with van der Waals surface area (Å²) in [7, 11) is 1.60. The van der Waals surface area contributed by atoms with Gasteiger partial charge in [-0.25, -0.2) is 0 Å². The molecule has 0 amide bonds. The molecule has 6 aliphatic rings. The topological polar surface area (TPSA) is 237 Å². The van der Waals surface area contributed by atoms with Gasteiger partial charge in [0.05, 0.1) is 61.9 Å². The summed E-state index contributed by atoms with van der Waals surface area (Å²) in [4.78, 5) is 12.8. The second-order valence-electron chi connectivity index (χ2n) is 19.2. The molecule has 324 valence electrons. The minimum absolute atomic E-state index is 0.00910. The van der Waals surface area contributed by atoms with Crippen molar-refractivity contribution in [1.82, 2.24) is 0 Å². The van der Waals surface area contributed by atoms with Crippen molar-refractivity contribution in [3.63, 3.8) is 0 Å². The van der Waals surface area contributed by atoms with Gasteiger partial charge in [-0.3, -0.25) is 5.73 Å². The summed E-state index contributed by atoms with van der Waals surface area (Å²) >= 11 is 0. The van der Waals surface area contributed by atoms with Crippen molar-refractivity contribution >= 4 is 5.97 Å². The minimum atomic E-state index is -1.01. The molecule has 0 bridgehead atoms. The molecule has 11 N–H and O–H groups in total. The molecular formula is C42H76N3O11+. The standard InChI is InChI=1S/C42H75N3O11/c1-25-20-41(11-3-4-12-41)42(22-38(50)51,21-27-9-13-44-37(43)16-27)36(45-25)23-54-35-18-28(17-34(53-2)39(35)52)40-30(10-14-46)32(49)19-29(56-40)7-5-26-6-8-31(48)33(15-26)55-24-47/h25-37,39-40,44-49,52H,3-24,43H2,1-2H3,(H,50,51)/p+1. The highest BCUT2D eigenvalue weighted by molar-refractivity contribution is 5.65. The number of aliphatic hydroxyl groups is 5. The second kappa shape index (κ2) is 20.0. The summed E-state index contributed by atoms with van der Waals surface area (Å²) < 4.78 is 25.1. The molecule has 3 heterocycles. The summed E-state index contributed by atoms with van der Waals surface area (Å²) in [6.45, 7) is 2.99. The molecule has 0 aromatic carbocycles. The maximum Gasteiger partial charge on any atom is 0.144 e. The van der Waals surface area contributed by atoms with E-state index in [1.165, 1.54) is 0 Å². The number of piperidine rings is 2. The van der Waals surface area contributed by atoms with Crippen LogP contribution in [0.25, 0.3) is 0 Å². The van der Waals surface area contributed by atoms with Crippen LogP contribution >= 0.6 is 0 Å². The van der Waals surface area contributed by atoms with Gasteiger partial charge in [0.25, 0.3) is 0 Å². The number of quaternary nitrogens is 2. The van der Waals surface area contributed by atoms with Crippen molar-refractivity contribution in [1.29, 1.82) is 0 Å². The maximum absolute atomic E-state index is 12.8. The van der Waals surface area contributed by atoms with Crippen LogP contribution in [0.4, 0.5) is 0 Å². The van der Waals surface area contributed by atoms with Crippen molar-refractivity contribution in [2.24, 2.45) is 40.2 Å². The van der Waals surface area contributed by atoms with Gasteiger partial charge in [-0.2, -0.15) is 0 Å². The number of carbonyl (C=O) groups is 1. The van der Waals surface area contributed by atoms with Crippen LogP contribution in [-0.4, -0.2) is 132 Å². The number of ether oxygens (including phenoxy) is 4. The molecular weight excluding hydrogens is 722 g/mol. The lowest BCUT2D eigenvalue weighted by atomic mass is 9.50. The normalized spacial score (nSPS) is 44.5. The highest BCUT2D eigenvalue weighted by atomic mass is 16.6. The largest absolute Gasteiger partial charge is 0.550 e. The van der Waals surface area contributed by atoms with Gasteiger partial charge in [0.2, 0.25) is 0 Å². The van der Waals surface area contributed by atoms with Gasteiger partial charge in [-0.15, -0.1) is 0 Å². The second-order valence-corrected chi connectivity index (χ2v) is 19.2. The molecule has 3 aliphatic carbocycles. The predicted octanol–water partition coefficient (Wildman–Crippen LogP) is -0.990. The zero-order valence-corrected chi connectivity index (χ0v) is 34.1. The van der Waals surface area contributed by atoms with Crippen LogP contribution in [0.3, 0.4) is 0 Å². The number of hydrogen-bond donors (Lipinski definition) is 8. The summed E-state index contributed by atoms with van der Waals surface area (Å²) in [5.74, 6) is -0.774. The highest BCUT2D eigenvalue weighted by Crippen LogP contribution is 2.61. The molecule has 56 heavy (non-hydrogen) atoms. The first-order valence-corrected chi connectivity index (χ1v) is 22.2. The Morgan fingerprint density at radius 3 is 2.38 bits per heavy atom. The van der Waals surface area contributed by atoms with E-state index in [9.17, 15) is 35.4 Å². The van der Waals surface area contributed by atoms with Gasteiger partial charge in [-0.1, -0.05) is 12.8 Å². The number of carboxylic acids is 1. The summed E-state index contributed by atoms with van der Waals surface area (Å²) in [6.07, 6.45) is 9.24. The first-order chi connectivity index (χ1) is 26.9. The fourth-order valence-electron chi connectivity index (χ4n) is 13.1. The molecule has 6 fully saturated rings. The summed E-state index contributed by atoms with van der Waals surface area (Å²) in [5.41, 5.74) is 5.79. The Morgan fingerprint density at radius 1 is 0.911 bits per heavy atom. The van der Waals surface area contributed by atoms with Gasteiger partial charge in [0, 0.05) is 43.9 Å². The molecule has 16 atom stereocenters. The van der Waals surface area contributed by atoms with Crippen molar-refractivity contribution in [3.8, 4) is 0 Å². The minimum Gasteiger partial charge on any atom is -0.550 e. The van der Waals surface area contributed by atoms with Crippen LogP contribution in [-0.2, 0) is 23.7 Å². The lowest BCUT2D eigenvalue weighted by molar-refractivity contribution is -0.752. The van der Waals surface area contributed by atoms with Crippen LogP contribution in [0.15, 0.2) is 0 Å². The molecule has 16 unspecified atom stereocenters. The van der Waals surface area contributed by atoms with Crippen LogP contribution < -0.4 is 21.5 Å². The quantitative estimate of drug-likeness (QED) is 0.0880. The molecule has 0 radical (unpaired) electrons. The molecule has 1 spiro atoms. The molecule has 3 aliphatic heterocycles. The third-order valence-electron chi connectivity index (χ3n) is 15.7. The number of methoxy groups -OCH3 is 1. The lowest BCUT2D eigenvalue weighted by Crippen LogP contribution is -3.02. The van der Waals surface area contributed by atoms with Crippen LogP contribution in [0.1, 0.15) is 122 Å². The molecule has 6 rings (SSSR count). The van der Waals surface area contributed by atoms with Crippen LogP contribution in [0, 0.1) is 34.5 Å². The number of hydrogen-bond acceptors (Lipinski definition) is 12. The van der Waals surface area contributed by atoms with Gasteiger partial charge >= 0.3 is 0 Å².